The number of hydrogen-bond donors (Lipinski definition) is 1. The van der Waals surface area contributed by atoms with Gasteiger partial charge < -0.3 is 14.8 Å². The summed E-state index contributed by atoms with van der Waals surface area (Å²) < 4.78 is 24.5. The van der Waals surface area contributed by atoms with Crippen LogP contribution >= 0.6 is 0 Å². The summed E-state index contributed by atoms with van der Waals surface area (Å²) in [4.78, 5) is 2.35. The molecular formula is C14H19FN2O2. The first-order chi connectivity index (χ1) is 9.24. The van der Waals surface area contributed by atoms with Crippen LogP contribution in [0.3, 0.4) is 0 Å². The standard InChI is InChI=1S/C14H19FN2O2/c1-10(15)11-6-12(8-17-4-2-16-3-5-17)14-13(7-11)18-9-19-14/h6-7,10,16H,2-5,8-9H2,1H3. The van der Waals surface area contributed by atoms with Crippen molar-refractivity contribution in [3.63, 3.8) is 0 Å². The number of fused-ring (bicyclic) bond motifs is 1. The number of rotatable bonds is 3. The van der Waals surface area contributed by atoms with Gasteiger partial charge in [0.2, 0.25) is 6.79 Å². The van der Waals surface area contributed by atoms with Crippen LogP contribution in [-0.2, 0) is 6.54 Å². The van der Waals surface area contributed by atoms with Gasteiger partial charge in [0.25, 0.3) is 0 Å². The fourth-order valence-corrected chi connectivity index (χ4v) is 2.56. The highest BCUT2D eigenvalue weighted by atomic mass is 19.1. The molecule has 1 saturated heterocycles. The van der Waals surface area contributed by atoms with Gasteiger partial charge >= 0.3 is 0 Å². The Morgan fingerprint density at radius 3 is 2.84 bits per heavy atom. The third kappa shape index (κ3) is 2.67. The average Bonchev–Trinajstić information content (AvgIpc) is 2.88. The van der Waals surface area contributed by atoms with Gasteiger partial charge in [-0.05, 0) is 24.6 Å². The summed E-state index contributed by atoms with van der Waals surface area (Å²) >= 11 is 0. The molecule has 1 N–H and O–H groups in total. The molecule has 19 heavy (non-hydrogen) atoms. The van der Waals surface area contributed by atoms with E-state index >= 15 is 0 Å². The van der Waals surface area contributed by atoms with Crippen LogP contribution in [-0.4, -0.2) is 37.9 Å². The monoisotopic (exact) mass is 266 g/mol. The number of alkyl halides is 1. The van der Waals surface area contributed by atoms with E-state index in [9.17, 15) is 4.39 Å². The number of ether oxygens (including phenoxy) is 2. The van der Waals surface area contributed by atoms with Gasteiger partial charge in [-0.2, -0.15) is 0 Å². The molecule has 1 fully saturated rings. The second-order valence-electron chi connectivity index (χ2n) is 5.06. The molecule has 2 aliphatic heterocycles. The van der Waals surface area contributed by atoms with Gasteiger partial charge in [-0.1, -0.05) is 0 Å². The molecule has 1 aromatic rings. The Bertz CT molecular complexity index is 459. The van der Waals surface area contributed by atoms with Crippen molar-refractivity contribution in [2.24, 2.45) is 0 Å². The van der Waals surface area contributed by atoms with Crippen molar-refractivity contribution in [2.45, 2.75) is 19.6 Å². The van der Waals surface area contributed by atoms with Gasteiger partial charge in [-0.25, -0.2) is 4.39 Å². The molecule has 1 unspecified atom stereocenters. The number of piperazine rings is 1. The molecule has 1 aromatic carbocycles. The highest BCUT2D eigenvalue weighted by molar-refractivity contribution is 5.51. The van der Waals surface area contributed by atoms with Gasteiger partial charge in [0.15, 0.2) is 11.5 Å². The predicted octanol–water partition coefficient (Wildman–Crippen LogP) is 1.85. The molecule has 0 radical (unpaired) electrons. The third-order valence-corrected chi connectivity index (χ3v) is 3.63. The van der Waals surface area contributed by atoms with Gasteiger partial charge in [-0.15, -0.1) is 0 Å². The minimum atomic E-state index is -0.990. The first-order valence-corrected chi connectivity index (χ1v) is 6.73. The lowest BCUT2D eigenvalue weighted by atomic mass is 10.0. The zero-order valence-corrected chi connectivity index (χ0v) is 11.1. The van der Waals surface area contributed by atoms with Crippen LogP contribution in [0.1, 0.15) is 24.2 Å². The van der Waals surface area contributed by atoms with E-state index in [1.165, 1.54) is 0 Å². The van der Waals surface area contributed by atoms with Crippen molar-refractivity contribution in [3.05, 3.63) is 23.3 Å². The summed E-state index contributed by atoms with van der Waals surface area (Å²) in [6.45, 7) is 6.57. The van der Waals surface area contributed by atoms with E-state index in [-0.39, 0.29) is 6.79 Å². The van der Waals surface area contributed by atoms with E-state index in [0.717, 1.165) is 44.0 Å². The van der Waals surface area contributed by atoms with Gasteiger partial charge in [0.1, 0.15) is 6.17 Å². The van der Waals surface area contributed by atoms with Crippen molar-refractivity contribution in [2.75, 3.05) is 33.0 Å². The van der Waals surface area contributed by atoms with Crippen LogP contribution in [0.4, 0.5) is 4.39 Å². The average molecular weight is 266 g/mol. The van der Waals surface area contributed by atoms with Gasteiger partial charge in [-0.3, -0.25) is 4.90 Å². The van der Waals surface area contributed by atoms with E-state index < -0.39 is 6.17 Å². The molecule has 104 valence electrons. The first kappa shape index (κ1) is 12.7. The van der Waals surface area contributed by atoms with Crippen LogP contribution < -0.4 is 14.8 Å². The van der Waals surface area contributed by atoms with E-state index in [0.29, 0.717) is 11.3 Å². The second kappa shape index (κ2) is 5.35. The summed E-state index contributed by atoms with van der Waals surface area (Å²) in [5.41, 5.74) is 1.69. The Balaban J connectivity index is 1.86. The molecule has 0 amide bonds. The molecule has 2 aliphatic rings. The quantitative estimate of drug-likeness (QED) is 0.905. The van der Waals surface area contributed by atoms with Crippen molar-refractivity contribution in [1.82, 2.24) is 10.2 Å². The summed E-state index contributed by atoms with van der Waals surface area (Å²) in [6.07, 6.45) is -0.990. The lowest BCUT2D eigenvalue weighted by Gasteiger charge is -2.27. The predicted molar refractivity (Wildman–Crippen MR) is 70.2 cm³/mol. The van der Waals surface area contributed by atoms with E-state index in [2.05, 4.69) is 10.2 Å². The largest absolute Gasteiger partial charge is 0.454 e. The normalized spacial score (nSPS) is 20.5. The number of benzene rings is 1. The van der Waals surface area contributed by atoms with Crippen LogP contribution in [0, 0.1) is 0 Å². The Hall–Kier alpha value is -1.33. The van der Waals surface area contributed by atoms with Crippen molar-refractivity contribution in [1.29, 1.82) is 0 Å². The lowest BCUT2D eigenvalue weighted by Crippen LogP contribution is -2.42. The minimum Gasteiger partial charge on any atom is -0.454 e. The number of nitrogens with one attached hydrogen (secondary N) is 1. The molecule has 2 heterocycles. The zero-order valence-electron chi connectivity index (χ0n) is 11.1. The fraction of sp³-hybridized carbons (Fsp3) is 0.571. The molecule has 4 nitrogen and oxygen atoms in total. The summed E-state index contributed by atoms with van der Waals surface area (Å²) in [7, 11) is 0. The van der Waals surface area contributed by atoms with Crippen LogP contribution in [0.25, 0.3) is 0 Å². The van der Waals surface area contributed by atoms with Crippen LogP contribution in [0.2, 0.25) is 0 Å². The fourth-order valence-electron chi connectivity index (χ4n) is 2.56. The topological polar surface area (TPSA) is 33.7 Å². The summed E-state index contributed by atoms with van der Waals surface area (Å²) in [5, 5.41) is 3.32. The maximum Gasteiger partial charge on any atom is 0.231 e. The Morgan fingerprint density at radius 2 is 2.11 bits per heavy atom. The molecule has 0 aliphatic carbocycles. The maximum absolute atomic E-state index is 13.5. The molecule has 1 atom stereocenters. The van der Waals surface area contributed by atoms with Gasteiger partial charge in [0.05, 0.1) is 0 Å². The molecular weight excluding hydrogens is 247 g/mol. The Kier molecular flexibility index (Phi) is 3.57. The van der Waals surface area contributed by atoms with Crippen LogP contribution in [0.5, 0.6) is 11.5 Å². The number of hydrogen-bond acceptors (Lipinski definition) is 4. The zero-order chi connectivity index (χ0) is 13.2. The highest BCUT2D eigenvalue weighted by Gasteiger charge is 2.22. The third-order valence-electron chi connectivity index (χ3n) is 3.63. The highest BCUT2D eigenvalue weighted by Crippen LogP contribution is 2.39. The molecule has 0 saturated carbocycles. The Morgan fingerprint density at radius 1 is 1.32 bits per heavy atom. The summed E-state index contributed by atoms with van der Waals surface area (Å²) in [6, 6.07) is 3.65. The molecule has 0 bridgehead atoms. The number of nitrogens with zero attached hydrogens (tertiary/aromatic N) is 1. The van der Waals surface area contributed by atoms with Crippen molar-refractivity contribution < 1.29 is 13.9 Å². The molecule has 5 heteroatoms. The van der Waals surface area contributed by atoms with E-state index in [1.54, 1.807) is 13.0 Å². The maximum atomic E-state index is 13.5. The van der Waals surface area contributed by atoms with Crippen molar-refractivity contribution in [3.8, 4) is 11.5 Å². The van der Waals surface area contributed by atoms with Gasteiger partial charge in [0, 0.05) is 38.3 Å². The molecule has 0 spiro atoms. The molecule has 3 rings (SSSR count). The number of halogens is 1. The SMILES string of the molecule is CC(F)c1cc(CN2CCNCC2)c2c(c1)OCO2. The lowest BCUT2D eigenvalue weighted by molar-refractivity contribution is 0.171. The molecule has 0 aromatic heterocycles. The van der Waals surface area contributed by atoms with E-state index in [4.69, 9.17) is 9.47 Å². The smallest absolute Gasteiger partial charge is 0.231 e. The Labute approximate surface area is 112 Å². The minimum absolute atomic E-state index is 0.230. The second-order valence-corrected chi connectivity index (χ2v) is 5.06. The first-order valence-electron chi connectivity index (χ1n) is 6.73. The van der Waals surface area contributed by atoms with E-state index in [1.807, 2.05) is 6.07 Å². The van der Waals surface area contributed by atoms with Crippen molar-refractivity contribution >= 4 is 0 Å². The van der Waals surface area contributed by atoms with Crippen LogP contribution in [0.15, 0.2) is 12.1 Å². The summed E-state index contributed by atoms with van der Waals surface area (Å²) in [5.74, 6) is 1.45.